The molecule has 17 heavy (non-hydrogen) atoms. The molecule has 1 aliphatic rings. The highest BCUT2D eigenvalue weighted by Crippen LogP contribution is 2.21. The molecular weight excluding hydrogens is 294 g/mol. The van der Waals surface area contributed by atoms with E-state index in [-0.39, 0.29) is 12.3 Å². The summed E-state index contributed by atoms with van der Waals surface area (Å²) in [5.41, 5.74) is -0.00204. The molecule has 0 N–H and O–H groups in total. The zero-order valence-electron chi connectivity index (χ0n) is 9.90. The number of alkyl halides is 1. The van der Waals surface area contributed by atoms with Crippen LogP contribution in [0.15, 0.2) is 5.16 Å². The third-order valence-electron chi connectivity index (χ3n) is 2.06. The first-order valence-corrected chi connectivity index (χ1v) is 6.47. The van der Waals surface area contributed by atoms with Crippen LogP contribution in [-0.4, -0.2) is 49.2 Å². The molecule has 0 atom stereocenters. The molecule has 0 unspecified atom stereocenters. The van der Waals surface area contributed by atoms with E-state index < -0.39 is 11.8 Å². The van der Waals surface area contributed by atoms with E-state index in [1.165, 1.54) is 0 Å². The predicted molar refractivity (Wildman–Crippen MR) is 64.1 cm³/mol. The lowest BCUT2D eigenvalue weighted by molar-refractivity contribution is -0.141. The number of ether oxygens (including phenoxy) is 3. The molecule has 0 saturated carbocycles. The largest absolute Gasteiger partial charge is 0.461 e. The maximum Gasteiger partial charge on any atom is 0.361 e. The smallest absolute Gasteiger partial charge is 0.361 e. The molecular formula is C10H16BrNO5. The average molecular weight is 310 g/mol. The topological polar surface area (TPSA) is 66.4 Å². The fourth-order valence-electron chi connectivity index (χ4n) is 1.30. The first-order chi connectivity index (χ1) is 8.14. The van der Waals surface area contributed by atoms with Crippen molar-refractivity contribution in [1.29, 1.82) is 0 Å². The Morgan fingerprint density at radius 1 is 1.47 bits per heavy atom. The lowest BCUT2D eigenvalue weighted by atomic mass is 10.2. The van der Waals surface area contributed by atoms with Crippen LogP contribution < -0.4 is 0 Å². The van der Waals surface area contributed by atoms with Gasteiger partial charge in [0, 0.05) is 5.33 Å². The van der Waals surface area contributed by atoms with E-state index in [9.17, 15) is 4.79 Å². The first kappa shape index (κ1) is 14.4. The summed E-state index contributed by atoms with van der Waals surface area (Å²) in [5, 5.41) is 4.36. The Bertz CT molecular complexity index is 288. The number of oxime groups is 1. The van der Waals surface area contributed by atoms with E-state index in [0.717, 1.165) is 0 Å². The predicted octanol–water partition coefficient (Wildman–Crippen LogP) is 1.08. The van der Waals surface area contributed by atoms with Gasteiger partial charge in [-0.3, -0.25) is 0 Å². The number of carbonyl (C=O) groups is 1. The number of esters is 1. The zero-order chi connectivity index (χ0) is 12.7. The summed E-state index contributed by atoms with van der Waals surface area (Å²) in [6, 6.07) is 0. The molecule has 0 bridgehead atoms. The van der Waals surface area contributed by atoms with Gasteiger partial charge in [0.1, 0.15) is 6.61 Å². The molecule has 0 radical (unpaired) electrons. The Labute approximate surface area is 108 Å². The fraction of sp³-hybridized carbons (Fsp3) is 0.800. The van der Waals surface area contributed by atoms with Crippen molar-refractivity contribution in [2.24, 2.45) is 5.16 Å². The van der Waals surface area contributed by atoms with Crippen LogP contribution in [0.3, 0.4) is 0 Å². The summed E-state index contributed by atoms with van der Waals surface area (Å²) in [4.78, 5) is 16.7. The SMILES string of the molecule is CCOC(=O)/C(=N\OCCBr)C1(C)OCCO1. The van der Waals surface area contributed by atoms with E-state index in [1.54, 1.807) is 13.8 Å². The third kappa shape index (κ3) is 3.93. The van der Waals surface area contributed by atoms with E-state index in [0.29, 0.717) is 25.2 Å². The van der Waals surface area contributed by atoms with Crippen LogP contribution in [0.5, 0.6) is 0 Å². The summed E-state index contributed by atoms with van der Waals surface area (Å²) < 4.78 is 15.6. The van der Waals surface area contributed by atoms with Gasteiger partial charge in [-0.25, -0.2) is 4.79 Å². The molecule has 1 saturated heterocycles. The standard InChI is InChI=1S/C10H16BrNO5/c1-3-14-9(13)8(12-17-5-4-11)10(2)15-6-7-16-10/h3-7H2,1-2H3/b12-8+. The van der Waals surface area contributed by atoms with Crippen LogP contribution in [0, 0.1) is 0 Å². The Balaban J connectivity index is 2.77. The number of halogens is 1. The van der Waals surface area contributed by atoms with Crippen LogP contribution in [0.1, 0.15) is 13.8 Å². The molecule has 0 aromatic rings. The monoisotopic (exact) mass is 309 g/mol. The summed E-state index contributed by atoms with van der Waals surface area (Å²) >= 11 is 3.19. The van der Waals surface area contributed by atoms with Crippen molar-refractivity contribution in [2.75, 3.05) is 31.8 Å². The van der Waals surface area contributed by atoms with Gasteiger partial charge in [0.15, 0.2) is 0 Å². The van der Waals surface area contributed by atoms with Gasteiger partial charge in [-0.2, -0.15) is 0 Å². The quantitative estimate of drug-likeness (QED) is 0.241. The first-order valence-electron chi connectivity index (χ1n) is 5.35. The van der Waals surface area contributed by atoms with Crippen LogP contribution >= 0.6 is 15.9 Å². The van der Waals surface area contributed by atoms with Gasteiger partial charge >= 0.3 is 5.97 Å². The summed E-state index contributed by atoms with van der Waals surface area (Å²) in [5.74, 6) is -1.77. The van der Waals surface area contributed by atoms with Crippen LogP contribution in [0.25, 0.3) is 0 Å². The van der Waals surface area contributed by atoms with Crippen molar-refractivity contribution in [3.63, 3.8) is 0 Å². The van der Waals surface area contributed by atoms with Gasteiger partial charge in [-0.15, -0.1) is 0 Å². The molecule has 6 nitrogen and oxygen atoms in total. The maximum absolute atomic E-state index is 11.7. The molecule has 1 fully saturated rings. The molecule has 0 spiro atoms. The summed E-state index contributed by atoms with van der Waals surface area (Å²) in [6.07, 6.45) is 0. The fourth-order valence-corrected chi connectivity index (χ4v) is 1.45. The highest BCUT2D eigenvalue weighted by Gasteiger charge is 2.43. The number of nitrogens with zero attached hydrogens (tertiary/aromatic N) is 1. The van der Waals surface area contributed by atoms with Gasteiger partial charge < -0.3 is 19.0 Å². The lowest BCUT2D eigenvalue weighted by Gasteiger charge is -2.22. The molecule has 7 heteroatoms. The minimum Gasteiger partial charge on any atom is -0.461 e. The molecule has 0 aromatic heterocycles. The van der Waals surface area contributed by atoms with Gasteiger partial charge in [0.05, 0.1) is 19.8 Å². The Morgan fingerprint density at radius 3 is 2.65 bits per heavy atom. The van der Waals surface area contributed by atoms with Crippen LogP contribution in [-0.2, 0) is 23.8 Å². The van der Waals surface area contributed by atoms with E-state index >= 15 is 0 Å². The van der Waals surface area contributed by atoms with Crippen molar-refractivity contribution < 1.29 is 23.8 Å². The minimum atomic E-state index is -1.18. The second-order valence-corrected chi connectivity index (χ2v) is 4.12. The summed E-state index contributed by atoms with van der Waals surface area (Å²) in [6.45, 7) is 4.76. The van der Waals surface area contributed by atoms with E-state index in [4.69, 9.17) is 19.0 Å². The molecule has 0 amide bonds. The van der Waals surface area contributed by atoms with Crippen molar-refractivity contribution in [1.82, 2.24) is 0 Å². The van der Waals surface area contributed by atoms with Crippen LogP contribution in [0.4, 0.5) is 0 Å². The Hall–Kier alpha value is -0.660. The van der Waals surface area contributed by atoms with E-state index in [1.807, 2.05) is 0 Å². The van der Waals surface area contributed by atoms with Gasteiger partial charge in [-0.05, 0) is 13.8 Å². The van der Waals surface area contributed by atoms with Crippen molar-refractivity contribution in [2.45, 2.75) is 19.6 Å². The zero-order valence-corrected chi connectivity index (χ0v) is 11.5. The van der Waals surface area contributed by atoms with Crippen LogP contribution in [0.2, 0.25) is 0 Å². The second-order valence-electron chi connectivity index (χ2n) is 3.33. The Kier molecular flexibility index (Phi) is 5.87. The molecule has 0 aromatic carbocycles. The molecule has 0 aliphatic carbocycles. The molecule has 1 rings (SSSR count). The lowest BCUT2D eigenvalue weighted by Crippen LogP contribution is -2.42. The highest BCUT2D eigenvalue weighted by molar-refractivity contribution is 9.09. The summed E-state index contributed by atoms with van der Waals surface area (Å²) in [7, 11) is 0. The number of hydrogen-bond donors (Lipinski definition) is 0. The number of rotatable bonds is 6. The van der Waals surface area contributed by atoms with Gasteiger partial charge in [-0.1, -0.05) is 21.1 Å². The molecule has 1 aliphatic heterocycles. The van der Waals surface area contributed by atoms with Crippen molar-refractivity contribution in [3.05, 3.63) is 0 Å². The van der Waals surface area contributed by atoms with Crippen molar-refractivity contribution in [3.8, 4) is 0 Å². The van der Waals surface area contributed by atoms with Crippen molar-refractivity contribution >= 4 is 27.6 Å². The Morgan fingerprint density at radius 2 is 2.12 bits per heavy atom. The highest BCUT2D eigenvalue weighted by atomic mass is 79.9. The second kappa shape index (κ2) is 6.93. The molecule has 1 heterocycles. The minimum absolute atomic E-state index is 0.00204. The number of carbonyl (C=O) groups excluding carboxylic acids is 1. The normalized spacial score (nSPS) is 19.1. The van der Waals surface area contributed by atoms with Gasteiger partial charge in [0.25, 0.3) is 0 Å². The average Bonchev–Trinajstić information content (AvgIpc) is 2.72. The van der Waals surface area contributed by atoms with Gasteiger partial charge in [0.2, 0.25) is 11.5 Å². The van der Waals surface area contributed by atoms with E-state index in [2.05, 4.69) is 21.1 Å². The third-order valence-corrected chi connectivity index (χ3v) is 2.39. The molecule has 98 valence electrons. The number of hydrogen-bond acceptors (Lipinski definition) is 6. The maximum atomic E-state index is 11.7.